The summed E-state index contributed by atoms with van der Waals surface area (Å²) in [6.45, 7) is 0.949. The molecule has 0 saturated carbocycles. The second kappa shape index (κ2) is 11.5. The lowest BCUT2D eigenvalue weighted by Crippen LogP contribution is -2.33. The molecule has 2 amide bonds. The van der Waals surface area contributed by atoms with Gasteiger partial charge in [-0.25, -0.2) is 9.97 Å². The highest BCUT2D eigenvalue weighted by Gasteiger charge is 2.08. The molecule has 8 nitrogen and oxygen atoms in total. The maximum Gasteiger partial charge on any atom is 0.229 e. The van der Waals surface area contributed by atoms with Crippen LogP contribution in [0.4, 0.5) is 0 Å². The van der Waals surface area contributed by atoms with Crippen LogP contribution >= 0.6 is 24.8 Å². The molecule has 4 N–H and O–H groups in total. The fourth-order valence-corrected chi connectivity index (χ4v) is 1.79. The molecule has 0 fully saturated rings. The third-order valence-electron chi connectivity index (χ3n) is 2.86. The quantitative estimate of drug-likeness (QED) is 0.508. The van der Waals surface area contributed by atoms with Gasteiger partial charge in [-0.05, 0) is 0 Å². The first-order valence-corrected chi connectivity index (χ1v) is 6.72. The number of hydrogen-bond acceptors (Lipinski definition) is 4. The molecule has 2 rings (SSSR count). The summed E-state index contributed by atoms with van der Waals surface area (Å²) in [4.78, 5) is 36.8. The zero-order valence-electron chi connectivity index (χ0n) is 12.4. The van der Waals surface area contributed by atoms with Crippen molar-refractivity contribution in [3.05, 3.63) is 36.4 Å². The van der Waals surface area contributed by atoms with Crippen LogP contribution in [0.15, 0.2) is 25.0 Å². The van der Waals surface area contributed by atoms with Crippen LogP contribution in [0.3, 0.4) is 0 Å². The molecule has 2 aromatic rings. The number of imidazole rings is 2. The maximum absolute atomic E-state index is 11.6. The zero-order valence-corrected chi connectivity index (χ0v) is 14.0. The Balaban J connectivity index is 0.00000242. The number of aromatic amines is 2. The van der Waals surface area contributed by atoms with Gasteiger partial charge >= 0.3 is 0 Å². The molecule has 10 heteroatoms. The molecule has 0 radical (unpaired) electrons. The number of nitrogens with zero attached hydrogens (tertiary/aromatic N) is 2. The van der Waals surface area contributed by atoms with Crippen molar-refractivity contribution in [2.75, 3.05) is 13.1 Å². The van der Waals surface area contributed by atoms with Gasteiger partial charge in [0.05, 0.1) is 12.7 Å². The van der Waals surface area contributed by atoms with Gasteiger partial charge in [0.15, 0.2) is 0 Å². The van der Waals surface area contributed by atoms with Crippen molar-refractivity contribution in [2.45, 2.75) is 19.3 Å². The number of carbonyl (C=O) groups excluding carboxylic acids is 2. The van der Waals surface area contributed by atoms with Crippen molar-refractivity contribution in [1.29, 1.82) is 0 Å². The van der Waals surface area contributed by atoms with Crippen LogP contribution in [0.2, 0.25) is 0 Å². The van der Waals surface area contributed by atoms with E-state index in [1.54, 1.807) is 25.0 Å². The van der Waals surface area contributed by atoms with E-state index in [2.05, 4.69) is 30.6 Å². The maximum atomic E-state index is 11.6. The Morgan fingerprint density at radius 1 is 0.870 bits per heavy atom. The summed E-state index contributed by atoms with van der Waals surface area (Å²) < 4.78 is 0. The SMILES string of the molecule is Cl.Cl.O=C(CC(=O)NCCc1cnc[nH]1)NCCc1cnc[nH]1. The molecule has 0 aliphatic rings. The smallest absolute Gasteiger partial charge is 0.229 e. The molecule has 0 saturated heterocycles. The number of nitrogens with one attached hydrogen (secondary N) is 4. The van der Waals surface area contributed by atoms with Gasteiger partial charge < -0.3 is 20.6 Å². The lowest BCUT2D eigenvalue weighted by Gasteiger charge is -2.05. The molecule has 0 spiro atoms. The van der Waals surface area contributed by atoms with E-state index in [4.69, 9.17) is 0 Å². The van der Waals surface area contributed by atoms with Gasteiger partial charge in [0, 0.05) is 49.7 Å². The van der Waals surface area contributed by atoms with E-state index in [1.165, 1.54) is 0 Å². The normalized spacial score (nSPS) is 9.39. The summed E-state index contributed by atoms with van der Waals surface area (Å²) in [5.41, 5.74) is 1.89. The highest BCUT2D eigenvalue weighted by atomic mass is 35.5. The van der Waals surface area contributed by atoms with Crippen LogP contribution in [0.5, 0.6) is 0 Å². The van der Waals surface area contributed by atoms with Crippen molar-refractivity contribution >= 4 is 36.6 Å². The van der Waals surface area contributed by atoms with Gasteiger partial charge in [0.1, 0.15) is 6.42 Å². The summed E-state index contributed by atoms with van der Waals surface area (Å²) in [6, 6.07) is 0. The highest BCUT2D eigenvalue weighted by molar-refractivity contribution is 5.96. The van der Waals surface area contributed by atoms with Crippen molar-refractivity contribution in [2.24, 2.45) is 0 Å². The van der Waals surface area contributed by atoms with Crippen molar-refractivity contribution in [3.8, 4) is 0 Å². The van der Waals surface area contributed by atoms with E-state index < -0.39 is 0 Å². The van der Waals surface area contributed by atoms with Crippen LogP contribution in [0.25, 0.3) is 0 Å². The average Bonchev–Trinajstić information content (AvgIpc) is 3.11. The number of H-pyrrole nitrogens is 2. The summed E-state index contributed by atoms with van der Waals surface area (Å²) >= 11 is 0. The second-order valence-electron chi connectivity index (χ2n) is 4.53. The number of halogens is 2. The van der Waals surface area contributed by atoms with Crippen LogP contribution in [-0.2, 0) is 22.4 Å². The van der Waals surface area contributed by atoms with Gasteiger partial charge in [-0.3, -0.25) is 9.59 Å². The minimum atomic E-state index is -0.284. The number of carbonyl (C=O) groups is 2. The van der Waals surface area contributed by atoms with E-state index in [1.807, 2.05) is 0 Å². The topological polar surface area (TPSA) is 116 Å². The molecule has 0 aromatic carbocycles. The Morgan fingerprint density at radius 3 is 1.65 bits per heavy atom. The van der Waals surface area contributed by atoms with Gasteiger partial charge in [0.2, 0.25) is 11.8 Å². The molecule has 0 aliphatic heterocycles. The van der Waals surface area contributed by atoms with Gasteiger partial charge in [0.25, 0.3) is 0 Å². The lowest BCUT2D eigenvalue weighted by molar-refractivity contribution is -0.129. The zero-order chi connectivity index (χ0) is 14.9. The van der Waals surface area contributed by atoms with Crippen molar-refractivity contribution < 1.29 is 9.59 Å². The second-order valence-corrected chi connectivity index (χ2v) is 4.53. The van der Waals surface area contributed by atoms with Crippen LogP contribution in [0, 0.1) is 0 Å². The predicted molar refractivity (Wildman–Crippen MR) is 89.7 cm³/mol. The Hall–Kier alpha value is -2.06. The third-order valence-corrected chi connectivity index (χ3v) is 2.86. The molecular weight excluding hydrogens is 343 g/mol. The van der Waals surface area contributed by atoms with E-state index in [9.17, 15) is 9.59 Å². The first-order valence-electron chi connectivity index (χ1n) is 6.72. The Morgan fingerprint density at radius 2 is 1.30 bits per heavy atom. The monoisotopic (exact) mass is 362 g/mol. The number of amides is 2. The molecule has 23 heavy (non-hydrogen) atoms. The molecule has 128 valence electrons. The summed E-state index contributed by atoms with van der Waals surface area (Å²) in [6.07, 6.45) is 7.74. The van der Waals surface area contributed by atoms with Crippen LogP contribution < -0.4 is 10.6 Å². The fourth-order valence-electron chi connectivity index (χ4n) is 1.79. The molecule has 0 unspecified atom stereocenters. The Labute approximate surface area is 146 Å². The van der Waals surface area contributed by atoms with E-state index >= 15 is 0 Å². The molecule has 0 bridgehead atoms. The van der Waals surface area contributed by atoms with Gasteiger partial charge in [-0.15, -0.1) is 24.8 Å². The lowest BCUT2D eigenvalue weighted by atomic mass is 10.3. The van der Waals surface area contributed by atoms with E-state index in [-0.39, 0.29) is 43.0 Å². The van der Waals surface area contributed by atoms with Crippen molar-refractivity contribution in [1.82, 2.24) is 30.6 Å². The van der Waals surface area contributed by atoms with E-state index in [0.29, 0.717) is 25.9 Å². The van der Waals surface area contributed by atoms with Gasteiger partial charge in [-0.1, -0.05) is 0 Å². The standard InChI is InChI=1S/C13H18N6O2.2ClH/c20-12(16-3-1-10-6-14-8-18-10)5-13(21)17-4-2-11-7-15-9-19-11;;/h6-9H,1-5H2,(H,14,18)(H,15,19)(H,16,20)(H,17,21);2*1H. The molecule has 2 heterocycles. The Kier molecular flexibility index (Phi) is 10.5. The highest BCUT2D eigenvalue weighted by Crippen LogP contribution is 1.92. The van der Waals surface area contributed by atoms with Crippen LogP contribution in [0.1, 0.15) is 17.8 Å². The Bertz CT molecular complexity index is 509. The summed E-state index contributed by atoms with van der Waals surface area (Å²) in [5.74, 6) is -0.567. The summed E-state index contributed by atoms with van der Waals surface area (Å²) in [7, 11) is 0. The molecule has 2 aromatic heterocycles. The van der Waals surface area contributed by atoms with Crippen LogP contribution in [-0.4, -0.2) is 44.8 Å². The summed E-state index contributed by atoms with van der Waals surface area (Å²) in [5, 5.41) is 5.38. The number of hydrogen-bond donors (Lipinski definition) is 4. The predicted octanol–water partition coefficient (Wildman–Crippen LogP) is 0.384. The molecule has 0 atom stereocenters. The van der Waals surface area contributed by atoms with Gasteiger partial charge in [-0.2, -0.15) is 0 Å². The van der Waals surface area contributed by atoms with Crippen molar-refractivity contribution in [3.63, 3.8) is 0 Å². The minimum Gasteiger partial charge on any atom is -0.355 e. The molecule has 0 aliphatic carbocycles. The number of rotatable bonds is 8. The number of aromatic nitrogens is 4. The fraction of sp³-hybridized carbons (Fsp3) is 0.385. The average molecular weight is 363 g/mol. The third kappa shape index (κ3) is 8.22. The largest absolute Gasteiger partial charge is 0.355 e. The minimum absolute atomic E-state index is 0. The first-order chi connectivity index (χ1) is 10.2. The first kappa shape index (κ1) is 20.9. The molecular formula is C13H20Cl2N6O2. The van der Waals surface area contributed by atoms with E-state index in [0.717, 1.165) is 11.4 Å².